The SMILES string of the molecule is Cc1ccc(C(=O)NCC(=O)O[C@@H](C)C(=O)c2ccc(Br)cc2)cc1C. The van der Waals surface area contributed by atoms with Gasteiger partial charge in [0, 0.05) is 15.6 Å². The summed E-state index contributed by atoms with van der Waals surface area (Å²) in [6.07, 6.45) is -0.929. The summed E-state index contributed by atoms with van der Waals surface area (Å²) >= 11 is 3.30. The van der Waals surface area contributed by atoms with Crippen molar-refractivity contribution in [3.63, 3.8) is 0 Å². The highest BCUT2D eigenvalue weighted by Crippen LogP contribution is 2.13. The summed E-state index contributed by atoms with van der Waals surface area (Å²) in [4.78, 5) is 36.2. The molecule has 0 spiro atoms. The molecule has 26 heavy (non-hydrogen) atoms. The molecule has 0 heterocycles. The second kappa shape index (κ2) is 8.76. The molecular weight excluding hydrogens is 398 g/mol. The van der Waals surface area contributed by atoms with Crippen LogP contribution in [0.1, 0.15) is 38.8 Å². The van der Waals surface area contributed by atoms with Gasteiger partial charge in [0.15, 0.2) is 6.10 Å². The summed E-state index contributed by atoms with van der Waals surface area (Å²) in [6, 6.07) is 12.1. The van der Waals surface area contributed by atoms with E-state index in [-0.39, 0.29) is 18.2 Å². The molecule has 1 N–H and O–H groups in total. The third kappa shape index (κ3) is 5.26. The van der Waals surface area contributed by atoms with E-state index in [1.165, 1.54) is 6.92 Å². The largest absolute Gasteiger partial charge is 0.453 e. The van der Waals surface area contributed by atoms with Crippen LogP contribution in [0.25, 0.3) is 0 Å². The summed E-state index contributed by atoms with van der Waals surface area (Å²) in [5.41, 5.74) is 3.00. The van der Waals surface area contributed by atoms with Crippen LogP contribution in [0.15, 0.2) is 46.9 Å². The van der Waals surface area contributed by atoms with Gasteiger partial charge < -0.3 is 10.1 Å². The number of ketones is 1. The number of nitrogens with one attached hydrogen (secondary N) is 1. The van der Waals surface area contributed by atoms with E-state index in [1.807, 2.05) is 19.9 Å². The minimum atomic E-state index is -0.929. The molecule has 1 atom stereocenters. The number of rotatable bonds is 6. The molecule has 136 valence electrons. The Morgan fingerprint density at radius 1 is 1.00 bits per heavy atom. The van der Waals surface area contributed by atoms with Crippen molar-refractivity contribution in [1.82, 2.24) is 5.32 Å². The van der Waals surface area contributed by atoms with Crippen LogP contribution in [-0.2, 0) is 9.53 Å². The van der Waals surface area contributed by atoms with E-state index >= 15 is 0 Å². The molecular formula is C20H20BrNO4. The number of halogens is 1. The molecule has 2 aromatic rings. The highest BCUT2D eigenvalue weighted by Gasteiger charge is 2.20. The zero-order valence-electron chi connectivity index (χ0n) is 14.8. The molecule has 0 aliphatic rings. The average molecular weight is 418 g/mol. The molecule has 0 aromatic heterocycles. The Kier molecular flexibility index (Phi) is 6.69. The van der Waals surface area contributed by atoms with Crippen LogP contribution in [0, 0.1) is 13.8 Å². The summed E-state index contributed by atoms with van der Waals surface area (Å²) in [6.45, 7) is 5.07. The molecule has 0 unspecified atom stereocenters. The number of carbonyl (C=O) groups is 3. The van der Waals surface area contributed by atoms with Crippen molar-refractivity contribution in [1.29, 1.82) is 0 Å². The number of ether oxygens (including phenoxy) is 1. The predicted molar refractivity (Wildman–Crippen MR) is 102 cm³/mol. The van der Waals surface area contributed by atoms with Crippen LogP contribution in [0.3, 0.4) is 0 Å². The van der Waals surface area contributed by atoms with Crippen molar-refractivity contribution in [3.05, 3.63) is 69.2 Å². The molecule has 5 nitrogen and oxygen atoms in total. The van der Waals surface area contributed by atoms with Crippen LogP contribution < -0.4 is 5.32 Å². The quantitative estimate of drug-likeness (QED) is 0.575. The van der Waals surface area contributed by atoms with Gasteiger partial charge >= 0.3 is 5.97 Å². The van der Waals surface area contributed by atoms with Gasteiger partial charge in [0.05, 0.1) is 0 Å². The maximum absolute atomic E-state index is 12.2. The molecule has 0 radical (unpaired) electrons. The van der Waals surface area contributed by atoms with Gasteiger partial charge in [-0.2, -0.15) is 0 Å². The van der Waals surface area contributed by atoms with Crippen molar-refractivity contribution in [2.45, 2.75) is 26.9 Å². The number of Topliss-reactive ketones (excluding diaryl/α,β-unsaturated/α-hetero) is 1. The number of hydrogen-bond donors (Lipinski definition) is 1. The number of carbonyl (C=O) groups excluding carboxylic acids is 3. The van der Waals surface area contributed by atoms with E-state index in [2.05, 4.69) is 21.2 Å². The molecule has 0 fully saturated rings. The molecule has 0 saturated heterocycles. The maximum Gasteiger partial charge on any atom is 0.326 e. The molecule has 0 aliphatic heterocycles. The Balaban J connectivity index is 1.87. The number of amides is 1. The molecule has 2 rings (SSSR count). The normalized spacial score (nSPS) is 11.5. The van der Waals surface area contributed by atoms with E-state index in [0.717, 1.165) is 15.6 Å². The van der Waals surface area contributed by atoms with E-state index in [9.17, 15) is 14.4 Å². The van der Waals surface area contributed by atoms with E-state index in [4.69, 9.17) is 4.74 Å². The third-order valence-electron chi connectivity index (χ3n) is 3.97. The fourth-order valence-corrected chi connectivity index (χ4v) is 2.54. The molecule has 1 amide bonds. The summed E-state index contributed by atoms with van der Waals surface area (Å²) in [5, 5.41) is 2.51. The molecule has 6 heteroatoms. The second-order valence-electron chi connectivity index (χ2n) is 5.98. The lowest BCUT2D eigenvalue weighted by Crippen LogP contribution is -2.34. The first-order valence-electron chi connectivity index (χ1n) is 8.12. The molecule has 0 aliphatic carbocycles. The second-order valence-corrected chi connectivity index (χ2v) is 6.90. The van der Waals surface area contributed by atoms with Crippen LogP contribution in [-0.4, -0.2) is 30.3 Å². The van der Waals surface area contributed by atoms with Crippen molar-refractivity contribution >= 4 is 33.6 Å². The van der Waals surface area contributed by atoms with Gasteiger partial charge in [-0.05, 0) is 56.2 Å². The maximum atomic E-state index is 12.2. The summed E-state index contributed by atoms with van der Waals surface area (Å²) in [7, 11) is 0. The Labute approximate surface area is 160 Å². The van der Waals surface area contributed by atoms with Gasteiger partial charge in [-0.1, -0.05) is 34.1 Å². The fraction of sp³-hybridized carbons (Fsp3) is 0.250. The first-order chi connectivity index (χ1) is 12.3. The molecule has 2 aromatic carbocycles. The zero-order valence-corrected chi connectivity index (χ0v) is 16.4. The Morgan fingerprint density at radius 3 is 2.23 bits per heavy atom. The van der Waals surface area contributed by atoms with Gasteiger partial charge in [0.1, 0.15) is 6.54 Å². The van der Waals surface area contributed by atoms with Crippen LogP contribution in [0.4, 0.5) is 0 Å². The predicted octanol–water partition coefficient (Wildman–Crippen LogP) is 3.61. The van der Waals surface area contributed by atoms with E-state index < -0.39 is 12.1 Å². The van der Waals surface area contributed by atoms with Crippen LogP contribution >= 0.6 is 15.9 Å². The van der Waals surface area contributed by atoms with Gasteiger partial charge in [-0.25, -0.2) is 0 Å². The van der Waals surface area contributed by atoms with Crippen LogP contribution in [0.2, 0.25) is 0 Å². The summed E-state index contributed by atoms with van der Waals surface area (Å²) in [5.74, 6) is -1.33. The third-order valence-corrected chi connectivity index (χ3v) is 4.50. The Hall–Kier alpha value is -2.47. The molecule has 0 saturated carbocycles. The number of esters is 1. The number of hydrogen-bond acceptors (Lipinski definition) is 4. The lowest BCUT2D eigenvalue weighted by atomic mass is 10.1. The van der Waals surface area contributed by atoms with E-state index in [0.29, 0.717) is 11.1 Å². The minimum absolute atomic E-state index is 0.300. The van der Waals surface area contributed by atoms with Crippen molar-refractivity contribution in [2.75, 3.05) is 6.54 Å². The number of aryl methyl sites for hydroxylation is 2. The Morgan fingerprint density at radius 2 is 1.62 bits per heavy atom. The van der Waals surface area contributed by atoms with Crippen molar-refractivity contribution in [2.24, 2.45) is 0 Å². The van der Waals surface area contributed by atoms with Crippen molar-refractivity contribution in [3.8, 4) is 0 Å². The standard InChI is InChI=1S/C20H20BrNO4/c1-12-4-5-16(10-13(12)2)20(25)22-11-18(23)26-14(3)19(24)15-6-8-17(21)9-7-15/h4-10,14H,11H2,1-3H3,(H,22,25)/t14-/m0/s1. The van der Waals surface area contributed by atoms with Crippen LogP contribution in [0.5, 0.6) is 0 Å². The number of benzene rings is 2. The average Bonchev–Trinajstić information content (AvgIpc) is 2.62. The molecule has 0 bridgehead atoms. The van der Waals surface area contributed by atoms with Gasteiger partial charge in [-0.3, -0.25) is 14.4 Å². The zero-order chi connectivity index (χ0) is 19.3. The Bertz CT molecular complexity index is 830. The van der Waals surface area contributed by atoms with E-state index in [1.54, 1.807) is 36.4 Å². The van der Waals surface area contributed by atoms with Gasteiger partial charge in [0.25, 0.3) is 5.91 Å². The monoisotopic (exact) mass is 417 g/mol. The lowest BCUT2D eigenvalue weighted by molar-refractivity contribution is -0.145. The van der Waals surface area contributed by atoms with Crippen molar-refractivity contribution < 1.29 is 19.1 Å². The highest BCUT2D eigenvalue weighted by atomic mass is 79.9. The smallest absolute Gasteiger partial charge is 0.326 e. The topological polar surface area (TPSA) is 72.5 Å². The fourth-order valence-electron chi connectivity index (χ4n) is 2.28. The first kappa shape index (κ1) is 19.8. The van der Waals surface area contributed by atoms with Gasteiger partial charge in [-0.15, -0.1) is 0 Å². The minimum Gasteiger partial charge on any atom is -0.453 e. The lowest BCUT2D eigenvalue weighted by Gasteiger charge is -2.13. The highest BCUT2D eigenvalue weighted by molar-refractivity contribution is 9.10. The summed E-state index contributed by atoms with van der Waals surface area (Å²) < 4.78 is 5.97. The first-order valence-corrected chi connectivity index (χ1v) is 8.92. The van der Waals surface area contributed by atoms with Gasteiger partial charge in [0.2, 0.25) is 5.78 Å².